The highest BCUT2D eigenvalue weighted by Gasteiger charge is 2.37. The van der Waals surface area contributed by atoms with Crippen LogP contribution >= 0.6 is 11.6 Å². The van der Waals surface area contributed by atoms with Crippen LogP contribution in [-0.2, 0) is 11.0 Å². The predicted octanol–water partition coefficient (Wildman–Crippen LogP) is 5.97. The molecule has 3 nitrogen and oxygen atoms in total. The first kappa shape index (κ1) is 19.0. The molecule has 0 radical (unpaired) electrons. The summed E-state index contributed by atoms with van der Waals surface area (Å²) >= 11 is 6.12. The highest BCUT2D eigenvalue weighted by molar-refractivity contribution is 6.74. The fourth-order valence-electron chi connectivity index (χ4n) is 2.24. The standard InChI is InChI=1S/C19H27ClN2OSi/c1-19(2,3)24(5,6)23-13-14-9-7-8-10-15(14)16-11-18(20)22-12-17(16)21-4/h7-12,21H,13H2,1-6H3. The van der Waals surface area contributed by atoms with Gasteiger partial charge in [0, 0.05) is 12.6 Å². The zero-order valence-corrected chi connectivity index (χ0v) is 17.2. The van der Waals surface area contributed by atoms with E-state index in [0.717, 1.165) is 16.8 Å². The Morgan fingerprint density at radius 3 is 2.46 bits per heavy atom. The van der Waals surface area contributed by atoms with Crippen molar-refractivity contribution in [2.24, 2.45) is 0 Å². The van der Waals surface area contributed by atoms with E-state index in [1.54, 1.807) is 6.20 Å². The fraction of sp³-hybridized carbons (Fsp3) is 0.421. The van der Waals surface area contributed by atoms with Gasteiger partial charge in [-0.25, -0.2) is 4.98 Å². The molecule has 2 rings (SSSR count). The van der Waals surface area contributed by atoms with Gasteiger partial charge in [0.1, 0.15) is 5.15 Å². The third-order valence-electron chi connectivity index (χ3n) is 4.84. The lowest BCUT2D eigenvalue weighted by Gasteiger charge is -2.36. The molecule has 0 amide bonds. The molecule has 0 aliphatic carbocycles. The molecule has 1 heterocycles. The molecule has 0 saturated carbocycles. The predicted molar refractivity (Wildman–Crippen MR) is 106 cm³/mol. The summed E-state index contributed by atoms with van der Waals surface area (Å²) in [5.74, 6) is 0. The Morgan fingerprint density at radius 2 is 1.83 bits per heavy atom. The van der Waals surface area contributed by atoms with E-state index in [4.69, 9.17) is 16.0 Å². The molecule has 0 unspecified atom stereocenters. The van der Waals surface area contributed by atoms with Gasteiger partial charge in [0.2, 0.25) is 0 Å². The average Bonchev–Trinajstić information content (AvgIpc) is 2.52. The van der Waals surface area contributed by atoms with Gasteiger partial charge in [-0.3, -0.25) is 0 Å². The number of rotatable bonds is 5. The van der Waals surface area contributed by atoms with Crippen molar-refractivity contribution in [1.29, 1.82) is 0 Å². The average molecular weight is 363 g/mol. The molecular formula is C19H27ClN2OSi. The maximum absolute atomic E-state index is 6.42. The Balaban J connectivity index is 2.37. The third-order valence-corrected chi connectivity index (χ3v) is 9.53. The summed E-state index contributed by atoms with van der Waals surface area (Å²) in [6.07, 6.45) is 1.77. The Kier molecular flexibility index (Phi) is 5.73. The SMILES string of the molecule is CNc1cnc(Cl)cc1-c1ccccc1CO[Si](C)(C)C(C)(C)C. The summed E-state index contributed by atoms with van der Waals surface area (Å²) in [5.41, 5.74) is 4.30. The lowest BCUT2D eigenvalue weighted by molar-refractivity contribution is 0.277. The van der Waals surface area contributed by atoms with Crippen LogP contribution in [0.15, 0.2) is 36.5 Å². The van der Waals surface area contributed by atoms with Crippen molar-refractivity contribution < 1.29 is 4.43 Å². The van der Waals surface area contributed by atoms with Crippen LogP contribution < -0.4 is 5.32 Å². The maximum Gasteiger partial charge on any atom is 0.192 e. The first-order chi connectivity index (χ1) is 11.2. The summed E-state index contributed by atoms with van der Waals surface area (Å²) in [7, 11) is 0.0936. The number of hydrogen-bond donors (Lipinski definition) is 1. The van der Waals surface area contributed by atoms with Gasteiger partial charge in [-0.1, -0.05) is 56.6 Å². The van der Waals surface area contributed by atoms with Crippen LogP contribution in [0, 0.1) is 0 Å². The number of halogens is 1. The van der Waals surface area contributed by atoms with Gasteiger partial charge in [0.25, 0.3) is 0 Å². The van der Waals surface area contributed by atoms with Gasteiger partial charge in [0.15, 0.2) is 8.32 Å². The van der Waals surface area contributed by atoms with Crippen LogP contribution in [0.5, 0.6) is 0 Å². The minimum Gasteiger partial charge on any atom is -0.413 e. The van der Waals surface area contributed by atoms with Crippen LogP contribution in [0.3, 0.4) is 0 Å². The normalized spacial score (nSPS) is 12.3. The van der Waals surface area contributed by atoms with E-state index in [2.05, 4.69) is 62.4 Å². The zero-order chi connectivity index (χ0) is 18.0. The quantitative estimate of drug-likeness (QED) is 0.525. The van der Waals surface area contributed by atoms with Crippen LogP contribution in [0.25, 0.3) is 11.1 Å². The fourth-order valence-corrected chi connectivity index (χ4v) is 3.34. The van der Waals surface area contributed by atoms with Crippen molar-refractivity contribution in [2.45, 2.75) is 45.5 Å². The second-order valence-electron chi connectivity index (χ2n) is 7.51. The summed E-state index contributed by atoms with van der Waals surface area (Å²) in [6, 6.07) is 10.2. The Labute approximate surface area is 151 Å². The molecule has 0 bridgehead atoms. The largest absolute Gasteiger partial charge is 0.413 e. The van der Waals surface area contributed by atoms with Crippen molar-refractivity contribution >= 4 is 25.6 Å². The van der Waals surface area contributed by atoms with Crippen molar-refractivity contribution in [1.82, 2.24) is 4.98 Å². The van der Waals surface area contributed by atoms with E-state index in [1.165, 1.54) is 5.56 Å². The first-order valence-electron chi connectivity index (χ1n) is 8.21. The minimum atomic E-state index is -1.80. The van der Waals surface area contributed by atoms with Gasteiger partial charge >= 0.3 is 0 Å². The second kappa shape index (κ2) is 7.26. The smallest absolute Gasteiger partial charge is 0.192 e. The molecule has 0 fully saturated rings. The third kappa shape index (κ3) is 4.18. The van der Waals surface area contributed by atoms with Gasteiger partial charge < -0.3 is 9.74 Å². The molecule has 0 aliphatic rings. The van der Waals surface area contributed by atoms with Crippen molar-refractivity contribution in [3.05, 3.63) is 47.2 Å². The molecule has 0 saturated heterocycles. The van der Waals surface area contributed by atoms with Crippen molar-refractivity contribution in [3.63, 3.8) is 0 Å². The van der Waals surface area contributed by atoms with Crippen LogP contribution in [-0.4, -0.2) is 20.3 Å². The Hall–Kier alpha value is -1.36. The zero-order valence-electron chi connectivity index (χ0n) is 15.4. The molecule has 5 heteroatoms. The van der Waals surface area contributed by atoms with Gasteiger partial charge in [-0.2, -0.15) is 0 Å². The highest BCUT2D eigenvalue weighted by Crippen LogP contribution is 2.38. The molecule has 1 N–H and O–H groups in total. The Bertz CT molecular complexity index is 711. The lowest BCUT2D eigenvalue weighted by atomic mass is 10.00. The molecule has 130 valence electrons. The summed E-state index contributed by atoms with van der Waals surface area (Å²) < 4.78 is 6.42. The molecule has 24 heavy (non-hydrogen) atoms. The number of nitrogens with one attached hydrogen (secondary N) is 1. The minimum absolute atomic E-state index is 0.193. The molecular weight excluding hydrogens is 336 g/mol. The molecule has 0 aliphatic heterocycles. The van der Waals surface area contributed by atoms with Crippen LogP contribution in [0.1, 0.15) is 26.3 Å². The monoisotopic (exact) mass is 362 g/mol. The summed E-state index contributed by atoms with van der Waals surface area (Å²) in [5, 5.41) is 3.87. The number of pyridine rings is 1. The van der Waals surface area contributed by atoms with Gasteiger partial charge in [-0.15, -0.1) is 0 Å². The number of hydrogen-bond acceptors (Lipinski definition) is 3. The van der Waals surface area contributed by atoms with E-state index < -0.39 is 8.32 Å². The van der Waals surface area contributed by atoms with E-state index in [-0.39, 0.29) is 5.04 Å². The number of anilines is 1. The number of aromatic nitrogens is 1. The van der Waals surface area contributed by atoms with E-state index in [1.807, 2.05) is 19.2 Å². The highest BCUT2D eigenvalue weighted by atomic mass is 35.5. The summed E-state index contributed by atoms with van der Waals surface area (Å²) in [4.78, 5) is 4.16. The van der Waals surface area contributed by atoms with Crippen LogP contribution in [0.4, 0.5) is 5.69 Å². The van der Waals surface area contributed by atoms with E-state index >= 15 is 0 Å². The number of benzene rings is 1. The number of nitrogens with zero attached hydrogens (tertiary/aromatic N) is 1. The molecule has 1 aromatic heterocycles. The van der Waals surface area contributed by atoms with Crippen LogP contribution in [0.2, 0.25) is 23.3 Å². The Morgan fingerprint density at radius 1 is 1.17 bits per heavy atom. The second-order valence-corrected chi connectivity index (χ2v) is 12.7. The van der Waals surface area contributed by atoms with Crippen molar-refractivity contribution in [3.8, 4) is 11.1 Å². The van der Waals surface area contributed by atoms with Gasteiger partial charge in [-0.05, 0) is 35.3 Å². The summed E-state index contributed by atoms with van der Waals surface area (Å²) in [6.45, 7) is 11.9. The molecule has 2 aromatic rings. The molecule has 0 spiro atoms. The van der Waals surface area contributed by atoms with E-state index in [9.17, 15) is 0 Å². The molecule has 0 atom stereocenters. The molecule has 1 aromatic carbocycles. The van der Waals surface area contributed by atoms with E-state index in [0.29, 0.717) is 11.8 Å². The topological polar surface area (TPSA) is 34.2 Å². The van der Waals surface area contributed by atoms with Crippen molar-refractivity contribution in [2.75, 3.05) is 12.4 Å². The first-order valence-corrected chi connectivity index (χ1v) is 11.5. The maximum atomic E-state index is 6.42. The lowest BCUT2D eigenvalue weighted by Crippen LogP contribution is -2.40. The van der Waals surface area contributed by atoms with Gasteiger partial charge in [0.05, 0.1) is 18.5 Å².